The molecule has 0 aliphatic carbocycles. The molecule has 1 aliphatic heterocycles. The van der Waals surface area contributed by atoms with Crippen LogP contribution in [0.5, 0.6) is 17.2 Å². The second-order valence-electron chi connectivity index (χ2n) is 7.87. The number of hydrogen-bond acceptors (Lipinski definition) is 6. The van der Waals surface area contributed by atoms with Crippen LogP contribution in [0.25, 0.3) is 10.9 Å². The van der Waals surface area contributed by atoms with Crippen LogP contribution in [0.4, 0.5) is 0 Å². The van der Waals surface area contributed by atoms with Crippen LogP contribution < -0.4 is 14.2 Å². The van der Waals surface area contributed by atoms with Gasteiger partial charge in [0, 0.05) is 11.6 Å². The first kappa shape index (κ1) is 21.9. The molecule has 168 valence electrons. The van der Waals surface area contributed by atoms with Crippen LogP contribution in [0.1, 0.15) is 36.4 Å². The van der Waals surface area contributed by atoms with E-state index in [2.05, 4.69) is 9.88 Å². The van der Waals surface area contributed by atoms with Crippen molar-refractivity contribution in [3.05, 3.63) is 59.8 Å². The average Bonchev–Trinajstić information content (AvgIpc) is 2.83. The Morgan fingerprint density at radius 1 is 1.06 bits per heavy atom. The van der Waals surface area contributed by atoms with E-state index < -0.39 is 12.0 Å². The second kappa shape index (κ2) is 9.44. The number of pyridine rings is 1. The number of methoxy groups -OCH3 is 3. The molecule has 0 spiro atoms. The molecule has 2 unspecified atom stereocenters. The van der Waals surface area contributed by atoms with Gasteiger partial charge < -0.3 is 19.3 Å². The number of aromatic nitrogens is 1. The van der Waals surface area contributed by atoms with Crippen molar-refractivity contribution in [2.75, 3.05) is 27.9 Å². The number of fused-ring (bicyclic) bond motifs is 1. The van der Waals surface area contributed by atoms with E-state index in [1.165, 1.54) is 0 Å². The number of carbonyl (C=O) groups is 1. The van der Waals surface area contributed by atoms with Crippen molar-refractivity contribution in [2.24, 2.45) is 0 Å². The van der Waals surface area contributed by atoms with Crippen molar-refractivity contribution in [1.82, 2.24) is 9.88 Å². The smallest absolute Gasteiger partial charge is 0.320 e. The normalized spacial score (nSPS) is 17.7. The largest absolute Gasteiger partial charge is 0.493 e. The van der Waals surface area contributed by atoms with Gasteiger partial charge in [0.1, 0.15) is 6.04 Å². The van der Waals surface area contributed by atoms with Crippen LogP contribution in [0, 0.1) is 0 Å². The monoisotopic (exact) mass is 436 g/mol. The summed E-state index contributed by atoms with van der Waals surface area (Å²) in [5, 5.41) is 11.0. The van der Waals surface area contributed by atoms with E-state index in [-0.39, 0.29) is 6.04 Å². The molecule has 4 rings (SSSR count). The molecule has 2 atom stereocenters. The van der Waals surface area contributed by atoms with Crippen molar-refractivity contribution in [1.29, 1.82) is 0 Å². The van der Waals surface area contributed by atoms with Gasteiger partial charge in [0.15, 0.2) is 11.5 Å². The number of para-hydroxylation sites is 1. The number of likely N-dealkylation sites (tertiary alicyclic amines) is 1. The molecular weight excluding hydrogens is 408 g/mol. The maximum absolute atomic E-state index is 12.2. The van der Waals surface area contributed by atoms with Gasteiger partial charge in [-0.1, -0.05) is 24.6 Å². The third-order valence-corrected chi connectivity index (χ3v) is 6.14. The molecule has 3 aromatic rings. The minimum atomic E-state index is -0.805. The highest BCUT2D eigenvalue weighted by molar-refractivity contribution is 5.83. The van der Waals surface area contributed by atoms with E-state index in [9.17, 15) is 9.90 Å². The van der Waals surface area contributed by atoms with Crippen molar-refractivity contribution in [3.63, 3.8) is 0 Å². The number of aliphatic carboxylic acids is 1. The summed E-state index contributed by atoms with van der Waals surface area (Å²) < 4.78 is 16.7. The lowest BCUT2D eigenvalue weighted by atomic mass is 9.89. The van der Waals surface area contributed by atoms with Gasteiger partial charge in [-0.05, 0) is 54.8 Å². The van der Waals surface area contributed by atoms with Gasteiger partial charge in [-0.15, -0.1) is 0 Å². The summed E-state index contributed by atoms with van der Waals surface area (Å²) in [5.74, 6) is 0.772. The Kier molecular flexibility index (Phi) is 6.46. The summed E-state index contributed by atoms with van der Waals surface area (Å²) in [5.41, 5.74) is 2.74. The van der Waals surface area contributed by atoms with Gasteiger partial charge >= 0.3 is 5.97 Å². The maximum Gasteiger partial charge on any atom is 0.320 e. The third kappa shape index (κ3) is 3.96. The van der Waals surface area contributed by atoms with Gasteiger partial charge in [-0.2, -0.15) is 0 Å². The van der Waals surface area contributed by atoms with Crippen molar-refractivity contribution < 1.29 is 24.1 Å². The fraction of sp³-hybridized carbons (Fsp3) is 0.360. The fourth-order valence-corrected chi connectivity index (χ4v) is 4.69. The standard InChI is InChI=1S/C25H28N2O5/c1-30-21-14-16(15-22(31-2)24(21)32-3)23(27-13-7-6-10-20(27)25(28)29)18-11-12-26-19-9-5-4-8-17(18)19/h4-5,8-9,11-12,14-15,20,23H,6-7,10,13H2,1-3H3,(H,28,29). The lowest BCUT2D eigenvalue weighted by Crippen LogP contribution is -2.46. The summed E-state index contributed by atoms with van der Waals surface area (Å²) in [6.07, 6.45) is 4.22. The zero-order valence-electron chi connectivity index (χ0n) is 18.6. The van der Waals surface area contributed by atoms with Gasteiger partial charge in [-0.3, -0.25) is 14.7 Å². The molecule has 1 aliphatic rings. The Bertz CT molecular complexity index is 1090. The summed E-state index contributed by atoms with van der Waals surface area (Å²) in [7, 11) is 4.73. The van der Waals surface area contributed by atoms with Gasteiger partial charge in [0.25, 0.3) is 0 Å². The van der Waals surface area contributed by atoms with E-state index in [1.54, 1.807) is 27.5 Å². The first-order chi connectivity index (χ1) is 15.6. The molecular formula is C25H28N2O5. The first-order valence-corrected chi connectivity index (χ1v) is 10.7. The van der Waals surface area contributed by atoms with Crippen molar-refractivity contribution in [2.45, 2.75) is 31.3 Å². The zero-order chi connectivity index (χ0) is 22.7. The number of nitrogens with zero attached hydrogens (tertiary/aromatic N) is 2. The van der Waals surface area contributed by atoms with Crippen LogP contribution in [0.2, 0.25) is 0 Å². The number of hydrogen-bond donors (Lipinski definition) is 1. The van der Waals surface area contributed by atoms with Crippen LogP contribution in [-0.2, 0) is 4.79 Å². The summed E-state index contributed by atoms with van der Waals surface area (Å²) in [6, 6.07) is 12.8. The topological polar surface area (TPSA) is 81.1 Å². The quantitative estimate of drug-likeness (QED) is 0.592. The van der Waals surface area contributed by atoms with E-state index in [0.29, 0.717) is 30.2 Å². The number of piperidine rings is 1. The van der Waals surface area contributed by atoms with Crippen LogP contribution in [0.15, 0.2) is 48.7 Å². The molecule has 1 fully saturated rings. The highest BCUT2D eigenvalue weighted by Gasteiger charge is 2.36. The minimum absolute atomic E-state index is 0.321. The number of ether oxygens (including phenoxy) is 3. The van der Waals surface area contributed by atoms with Gasteiger partial charge in [0.05, 0.1) is 32.9 Å². The Labute approximate surface area is 187 Å². The van der Waals surface area contributed by atoms with E-state index >= 15 is 0 Å². The molecule has 7 heteroatoms. The van der Waals surface area contributed by atoms with Crippen LogP contribution >= 0.6 is 0 Å². The molecule has 1 saturated heterocycles. The fourth-order valence-electron chi connectivity index (χ4n) is 4.69. The molecule has 2 heterocycles. The summed E-state index contributed by atoms with van der Waals surface area (Å²) in [4.78, 5) is 18.8. The predicted octanol–water partition coefficient (Wildman–Crippen LogP) is 4.29. The van der Waals surface area contributed by atoms with Crippen molar-refractivity contribution in [3.8, 4) is 17.2 Å². The maximum atomic E-state index is 12.2. The second-order valence-corrected chi connectivity index (χ2v) is 7.87. The van der Waals surface area contributed by atoms with E-state index in [1.807, 2.05) is 42.5 Å². The molecule has 0 amide bonds. The number of rotatable bonds is 7. The summed E-state index contributed by atoms with van der Waals surface area (Å²) in [6.45, 7) is 0.676. The Morgan fingerprint density at radius 2 is 1.78 bits per heavy atom. The summed E-state index contributed by atoms with van der Waals surface area (Å²) >= 11 is 0. The van der Waals surface area contributed by atoms with Gasteiger partial charge in [-0.25, -0.2) is 0 Å². The molecule has 0 bridgehead atoms. The molecule has 7 nitrogen and oxygen atoms in total. The molecule has 0 radical (unpaired) electrons. The highest BCUT2D eigenvalue weighted by atomic mass is 16.5. The molecule has 1 aromatic heterocycles. The average molecular weight is 437 g/mol. The van der Waals surface area contributed by atoms with E-state index in [0.717, 1.165) is 34.9 Å². The SMILES string of the molecule is COc1cc(C(c2ccnc3ccccc23)N2CCCCC2C(=O)O)cc(OC)c1OC. The molecule has 2 aromatic carbocycles. The van der Waals surface area contributed by atoms with Crippen LogP contribution in [-0.4, -0.2) is 54.9 Å². The highest BCUT2D eigenvalue weighted by Crippen LogP contribution is 2.44. The third-order valence-electron chi connectivity index (χ3n) is 6.14. The number of carboxylic acids is 1. The van der Waals surface area contributed by atoms with Gasteiger partial charge in [0.2, 0.25) is 5.75 Å². The minimum Gasteiger partial charge on any atom is -0.493 e. The van der Waals surface area contributed by atoms with Crippen LogP contribution in [0.3, 0.4) is 0 Å². The zero-order valence-corrected chi connectivity index (χ0v) is 18.6. The Hall–Kier alpha value is -3.32. The first-order valence-electron chi connectivity index (χ1n) is 10.7. The lowest BCUT2D eigenvalue weighted by Gasteiger charge is -2.40. The van der Waals surface area contributed by atoms with Crippen molar-refractivity contribution >= 4 is 16.9 Å². The lowest BCUT2D eigenvalue weighted by molar-refractivity contribution is -0.145. The molecule has 0 saturated carbocycles. The number of carboxylic acid groups (broad SMARTS) is 1. The molecule has 1 N–H and O–H groups in total. The molecule has 32 heavy (non-hydrogen) atoms. The van der Waals surface area contributed by atoms with E-state index in [4.69, 9.17) is 14.2 Å². The Morgan fingerprint density at radius 3 is 2.44 bits per heavy atom. The predicted molar refractivity (Wildman–Crippen MR) is 122 cm³/mol. The Balaban J connectivity index is 1.97. The number of benzene rings is 2.